The van der Waals surface area contributed by atoms with Gasteiger partial charge in [0.05, 0.1) is 6.10 Å². The predicted molar refractivity (Wildman–Crippen MR) is 48.4 cm³/mol. The smallest absolute Gasteiger partial charge is 0.0572 e. The summed E-state index contributed by atoms with van der Waals surface area (Å²) in [5, 5.41) is 0. The highest BCUT2D eigenvalue weighted by Crippen LogP contribution is 2.07. The lowest BCUT2D eigenvalue weighted by molar-refractivity contribution is 0.0531. The van der Waals surface area contributed by atoms with Gasteiger partial charge in [-0.05, 0) is 26.2 Å². The molecule has 0 heterocycles. The molecule has 0 aliphatic heterocycles. The van der Waals surface area contributed by atoms with Crippen molar-refractivity contribution in [3.8, 4) is 12.3 Å². The largest absolute Gasteiger partial charge is 0.379 e. The Morgan fingerprint density at radius 3 is 2.64 bits per heavy atom. The van der Waals surface area contributed by atoms with Crippen molar-refractivity contribution in [1.82, 2.24) is 0 Å². The van der Waals surface area contributed by atoms with E-state index in [0.29, 0.717) is 6.10 Å². The fourth-order valence-electron chi connectivity index (χ4n) is 1.07. The zero-order valence-corrected chi connectivity index (χ0v) is 7.60. The molecule has 1 heteroatoms. The highest BCUT2D eigenvalue weighted by molar-refractivity contribution is 4.83. The van der Waals surface area contributed by atoms with Crippen LogP contribution in [0.2, 0.25) is 0 Å². The molecule has 0 spiro atoms. The normalized spacial score (nSPS) is 12.5. The molecule has 0 saturated carbocycles. The summed E-state index contributed by atoms with van der Waals surface area (Å²) >= 11 is 0. The molecule has 0 saturated heterocycles. The van der Waals surface area contributed by atoms with Crippen LogP contribution in [0.3, 0.4) is 0 Å². The minimum Gasteiger partial charge on any atom is -0.379 e. The lowest BCUT2D eigenvalue weighted by Crippen LogP contribution is -2.10. The Morgan fingerprint density at radius 1 is 1.45 bits per heavy atom. The van der Waals surface area contributed by atoms with Crippen LogP contribution in [0, 0.1) is 12.3 Å². The van der Waals surface area contributed by atoms with E-state index in [9.17, 15) is 0 Å². The Hall–Kier alpha value is -0.480. The number of terminal acetylenes is 1. The van der Waals surface area contributed by atoms with Crippen LogP contribution in [0.25, 0.3) is 0 Å². The minimum atomic E-state index is 0.424. The zero-order chi connectivity index (χ0) is 8.53. The lowest BCUT2D eigenvalue weighted by Gasteiger charge is -2.13. The third kappa shape index (κ3) is 5.94. The van der Waals surface area contributed by atoms with Crippen LogP contribution in [-0.4, -0.2) is 12.7 Å². The van der Waals surface area contributed by atoms with Gasteiger partial charge in [-0.25, -0.2) is 0 Å². The summed E-state index contributed by atoms with van der Waals surface area (Å²) in [5.41, 5.74) is 0. The van der Waals surface area contributed by atoms with Crippen molar-refractivity contribution in [2.75, 3.05) is 6.61 Å². The second kappa shape index (κ2) is 7.63. The van der Waals surface area contributed by atoms with Gasteiger partial charge in [-0.2, -0.15) is 0 Å². The van der Waals surface area contributed by atoms with Crippen molar-refractivity contribution in [3.05, 3.63) is 0 Å². The fourth-order valence-corrected chi connectivity index (χ4v) is 1.07. The summed E-state index contributed by atoms with van der Waals surface area (Å²) in [6, 6.07) is 0. The summed E-state index contributed by atoms with van der Waals surface area (Å²) in [7, 11) is 0. The average Bonchev–Trinajstić information content (AvgIpc) is 2.03. The van der Waals surface area contributed by atoms with Crippen LogP contribution >= 0.6 is 0 Å². The van der Waals surface area contributed by atoms with Crippen molar-refractivity contribution in [2.24, 2.45) is 0 Å². The van der Waals surface area contributed by atoms with E-state index in [-0.39, 0.29) is 0 Å². The predicted octanol–water partition coefficient (Wildman–Crippen LogP) is 2.61. The number of hydrogen-bond acceptors (Lipinski definition) is 1. The molecule has 11 heavy (non-hydrogen) atoms. The lowest BCUT2D eigenvalue weighted by atomic mass is 10.1. The maximum absolute atomic E-state index is 5.47. The first-order chi connectivity index (χ1) is 5.35. The summed E-state index contributed by atoms with van der Waals surface area (Å²) in [4.78, 5) is 0. The molecular formula is C10H18O. The SMILES string of the molecule is C#CCCCC(CC)OCC. The van der Waals surface area contributed by atoms with Crippen LogP contribution in [0.5, 0.6) is 0 Å². The molecular weight excluding hydrogens is 136 g/mol. The first kappa shape index (κ1) is 10.5. The van der Waals surface area contributed by atoms with Gasteiger partial charge in [0, 0.05) is 13.0 Å². The van der Waals surface area contributed by atoms with E-state index in [1.165, 1.54) is 0 Å². The van der Waals surface area contributed by atoms with Crippen LogP contribution in [0.1, 0.15) is 39.5 Å². The van der Waals surface area contributed by atoms with E-state index in [0.717, 1.165) is 32.3 Å². The van der Waals surface area contributed by atoms with Gasteiger partial charge < -0.3 is 4.74 Å². The molecule has 0 aromatic rings. The second-order valence-corrected chi connectivity index (χ2v) is 2.58. The highest BCUT2D eigenvalue weighted by Gasteiger charge is 2.03. The summed E-state index contributed by atoms with van der Waals surface area (Å²) in [5.74, 6) is 2.63. The molecule has 0 aliphatic rings. The molecule has 1 nitrogen and oxygen atoms in total. The Morgan fingerprint density at radius 2 is 2.18 bits per heavy atom. The van der Waals surface area contributed by atoms with Crippen molar-refractivity contribution in [3.63, 3.8) is 0 Å². The van der Waals surface area contributed by atoms with E-state index in [1.807, 2.05) is 6.92 Å². The summed E-state index contributed by atoms with van der Waals surface area (Å²) in [6.45, 7) is 4.99. The van der Waals surface area contributed by atoms with Crippen molar-refractivity contribution in [2.45, 2.75) is 45.6 Å². The molecule has 0 aliphatic carbocycles. The molecule has 0 bridgehead atoms. The van der Waals surface area contributed by atoms with Crippen LogP contribution < -0.4 is 0 Å². The zero-order valence-electron chi connectivity index (χ0n) is 7.60. The monoisotopic (exact) mass is 154 g/mol. The van der Waals surface area contributed by atoms with Crippen molar-refractivity contribution >= 4 is 0 Å². The van der Waals surface area contributed by atoms with Gasteiger partial charge in [-0.3, -0.25) is 0 Å². The maximum atomic E-state index is 5.47. The van der Waals surface area contributed by atoms with Gasteiger partial charge >= 0.3 is 0 Å². The van der Waals surface area contributed by atoms with Gasteiger partial charge in [0.25, 0.3) is 0 Å². The quantitative estimate of drug-likeness (QED) is 0.422. The second-order valence-electron chi connectivity index (χ2n) is 2.58. The van der Waals surface area contributed by atoms with Crippen molar-refractivity contribution < 1.29 is 4.74 Å². The number of rotatable bonds is 6. The first-order valence-corrected chi connectivity index (χ1v) is 4.40. The molecule has 64 valence electrons. The first-order valence-electron chi connectivity index (χ1n) is 4.40. The molecule has 0 amide bonds. The Kier molecular flexibility index (Phi) is 7.29. The number of hydrogen-bond donors (Lipinski definition) is 0. The Balaban J connectivity index is 3.29. The van der Waals surface area contributed by atoms with E-state index in [2.05, 4.69) is 12.8 Å². The van der Waals surface area contributed by atoms with E-state index >= 15 is 0 Å². The van der Waals surface area contributed by atoms with E-state index in [4.69, 9.17) is 11.2 Å². The molecule has 0 radical (unpaired) electrons. The third-order valence-electron chi connectivity index (χ3n) is 1.70. The Labute approximate surface area is 70.1 Å². The van der Waals surface area contributed by atoms with Crippen molar-refractivity contribution in [1.29, 1.82) is 0 Å². The van der Waals surface area contributed by atoms with Crippen LogP contribution in [-0.2, 0) is 4.74 Å². The van der Waals surface area contributed by atoms with Gasteiger partial charge in [-0.15, -0.1) is 12.3 Å². The summed E-state index contributed by atoms with van der Waals surface area (Å²) in [6.07, 6.45) is 9.74. The van der Waals surface area contributed by atoms with Gasteiger partial charge in [0.2, 0.25) is 0 Å². The summed E-state index contributed by atoms with van der Waals surface area (Å²) < 4.78 is 5.47. The molecule has 1 atom stereocenters. The third-order valence-corrected chi connectivity index (χ3v) is 1.70. The molecule has 0 rings (SSSR count). The van der Waals surface area contributed by atoms with Gasteiger partial charge in [-0.1, -0.05) is 6.92 Å². The molecule has 1 unspecified atom stereocenters. The topological polar surface area (TPSA) is 9.23 Å². The van der Waals surface area contributed by atoms with Gasteiger partial charge in [0.15, 0.2) is 0 Å². The molecule has 0 fully saturated rings. The van der Waals surface area contributed by atoms with Gasteiger partial charge in [0.1, 0.15) is 0 Å². The number of unbranched alkanes of at least 4 members (excludes halogenated alkanes) is 1. The Bertz CT molecular complexity index is 113. The molecule has 0 N–H and O–H groups in total. The highest BCUT2D eigenvalue weighted by atomic mass is 16.5. The fraction of sp³-hybridized carbons (Fsp3) is 0.800. The maximum Gasteiger partial charge on any atom is 0.0572 e. The number of ether oxygens (including phenoxy) is 1. The van der Waals surface area contributed by atoms with Crippen LogP contribution in [0.4, 0.5) is 0 Å². The molecule has 0 aromatic carbocycles. The van der Waals surface area contributed by atoms with E-state index in [1.54, 1.807) is 0 Å². The standard InChI is InChI=1S/C10H18O/c1-4-7-8-9-10(5-2)11-6-3/h1,10H,5-9H2,2-3H3. The minimum absolute atomic E-state index is 0.424. The van der Waals surface area contributed by atoms with E-state index < -0.39 is 0 Å². The van der Waals surface area contributed by atoms with Crippen LogP contribution in [0.15, 0.2) is 0 Å². The average molecular weight is 154 g/mol. The molecule has 0 aromatic heterocycles.